The average Bonchev–Trinajstić information content (AvgIpc) is 2.33. The number of aliphatic hydroxyl groups excluding tert-OH is 1. The zero-order valence-corrected chi connectivity index (χ0v) is 9.74. The van der Waals surface area contributed by atoms with Crippen molar-refractivity contribution in [1.82, 2.24) is 15.0 Å². The van der Waals surface area contributed by atoms with Crippen LogP contribution in [0.1, 0.15) is 5.56 Å². The minimum absolute atomic E-state index is 0.0514. The van der Waals surface area contributed by atoms with Crippen LogP contribution in [0.3, 0.4) is 0 Å². The molecule has 0 bridgehead atoms. The van der Waals surface area contributed by atoms with Gasteiger partial charge in [0.25, 0.3) is 0 Å². The summed E-state index contributed by atoms with van der Waals surface area (Å²) in [5.74, 6) is 0. The molecule has 2 aromatic heterocycles. The van der Waals surface area contributed by atoms with Gasteiger partial charge in [0.05, 0.1) is 11.6 Å². The van der Waals surface area contributed by atoms with Crippen molar-refractivity contribution in [3.05, 3.63) is 41.3 Å². The zero-order chi connectivity index (χ0) is 11.4. The third-order valence-electron chi connectivity index (χ3n) is 1.76. The highest BCUT2D eigenvalue weighted by atomic mass is 35.5. The van der Waals surface area contributed by atoms with E-state index in [1.807, 2.05) is 0 Å². The molecule has 2 aromatic rings. The van der Waals surface area contributed by atoms with Crippen LogP contribution in [0.5, 0.6) is 0 Å². The summed E-state index contributed by atoms with van der Waals surface area (Å²) < 4.78 is 0. The Balaban J connectivity index is 2.11. The van der Waals surface area contributed by atoms with Crippen molar-refractivity contribution in [2.45, 2.75) is 16.8 Å². The SMILES string of the molecule is OCc1cnc(Sc2ccc(Cl)cn2)nc1. The van der Waals surface area contributed by atoms with E-state index in [1.165, 1.54) is 11.8 Å². The van der Waals surface area contributed by atoms with Gasteiger partial charge in [-0.25, -0.2) is 15.0 Å². The molecule has 0 saturated heterocycles. The van der Waals surface area contributed by atoms with Crippen LogP contribution >= 0.6 is 23.4 Å². The molecule has 2 rings (SSSR count). The Bertz CT molecular complexity index is 460. The fraction of sp³-hybridized carbons (Fsp3) is 0.100. The van der Waals surface area contributed by atoms with Gasteiger partial charge < -0.3 is 5.11 Å². The van der Waals surface area contributed by atoms with E-state index in [2.05, 4.69) is 15.0 Å². The molecule has 0 aliphatic carbocycles. The summed E-state index contributed by atoms with van der Waals surface area (Å²) >= 11 is 7.07. The predicted octanol–water partition coefficient (Wildman–Crippen LogP) is 2.17. The van der Waals surface area contributed by atoms with Crippen molar-refractivity contribution >= 4 is 23.4 Å². The van der Waals surface area contributed by atoms with Crippen LogP contribution in [0.15, 0.2) is 40.9 Å². The van der Waals surface area contributed by atoms with Crippen LogP contribution in [-0.2, 0) is 6.61 Å². The fourth-order valence-electron chi connectivity index (χ4n) is 0.993. The molecule has 0 aromatic carbocycles. The highest BCUT2D eigenvalue weighted by molar-refractivity contribution is 7.99. The molecular weight excluding hydrogens is 246 g/mol. The molecule has 82 valence electrons. The molecule has 0 aliphatic rings. The molecule has 0 aliphatic heterocycles. The highest BCUT2D eigenvalue weighted by Gasteiger charge is 2.01. The van der Waals surface area contributed by atoms with Gasteiger partial charge in [0.2, 0.25) is 0 Å². The summed E-state index contributed by atoms with van der Waals surface area (Å²) in [5, 5.41) is 10.8. The fourth-order valence-corrected chi connectivity index (χ4v) is 1.74. The number of hydrogen-bond acceptors (Lipinski definition) is 5. The predicted molar refractivity (Wildman–Crippen MR) is 61.3 cm³/mol. The molecule has 1 N–H and O–H groups in total. The molecule has 0 amide bonds. The molecule has 4 nitrogen and oxygen atoms in total. The first-order valence-electron chi connectivity index (χ1n) is 4.49. The average molecular weight is 254 g/mol. The first-order valence-corrected chi connectivity index (χ1v) is 5.68. The van der Waals surface area contributed by atoms with Gasteiger partial charge in [-0.2, -0.15) is 0 Å². The summed E-state index contributed by atoms with van der Waals surface area (Å²) in [6.45, 7) is -0.0514. The topological polar surface area (TPSA) is 58.9 Å². The van der Waals surface area contributed by atoms with Gasteiger partial charge >= 0.3 is 0 Å². The number of aromatic nitrogens is 3. The van der Waals surface area contributed by atoms with Gasteiger partial charge in [-0.3, -0.25) is 0 Å². The van der Waals surface area contributed by atoms with Crippen molar-refractivity contribution in [3.8, 4) is 0 Å². The second-order valence-corrected chi connectivity index (χ2v) is 4.37. The second-order valence-electron chi connectivity index (χ2n) is 2.95. The Morgan fingerprint density at radius 3 is 2.44 bits per heavy atom. The number of nitrogens with zero attached hydrogens (tertiary/aromatic N) is 3. The lowest BCUT2D eigenvalue weighted by molar-refractivity contribution is 0.280. The Labute approximate surface area is 102 Å². The number of hydrogen-bond donors (Lipinski definition) is 1. The Morgan fingerprint density at radius 1 is 1.12 bits per heavy atom. The third kappa shape index (κ3) is 2.91. The minimum atomic E-state index is -0.0514. The number of pyridine rings is 1. The molecule has 16 heavy (non-hydrogen) atoms. The summed E-state index contributed by atoms with van der Waals surface area (Å²) in [6.07, 6.45) is 4.75. The van der Waals surface area contributed by atoms with E-state index in [9.17, 15) is 0 Å². The van der Waals surface area contributed by atoms with Crippen molar-refractivity contribution < 1.29 is 5.11 Å². The van der Waals surface area contributed by atoms with E-state index >= 15 is 0 Å². The number of rotatable bonds is 3. The largest absolute Gasteiger partial charge is 0.392 e. The van der Waals surface area contributed by atoms with Crippen LogP contribution in [-0.4, -0.2) is 20.1 Å². The summed E-state index contributed by atoms with van der Waals surface area (Å²) in [5.41, 5.74) is 0.688. The van der Waals surface area contributed by atoms with Crippen molar-refractivity contribution in [2.75, 3.05) is 0 Å². The number of halogens is 1. The molecule has 2 heterocycles. The zero-order valence-electron chi connectivity index (χ0n) is 8.17. The van der Waals surface area contributed by atoms with Crippen molar-refractivity contribution in [3.63, 3.8) is 0 Å². The maximum atomic E-state index is 8.83. The van der Waals surface area contributed by atoms with Crippen LogP contribution < -0.4 is 0 Å². The standard InChI is InChI=1S/C10H8ClN3OS/c11-8-1-2-9(12-5-8)16-10-13-3-7(6-15)4-14-10/h1-5,15H,6H2. The van der Waals surface area contributed by atoms with E-state index in [0.29, 0.717) is 15.7 Å². The second kappa shape index (κ2) is 5.25. The van der Waals surface area contributed by atoms with Crippen LogP contribution in [0.2, 0.25) is 5.02 Å². The van der Waals surface area contributed by atoms with Crippen LogP contribution in [0.25, 0.3) is 0 Å². The number of aliphatic hydroxyl groups is 1. The van der Waals surface area contributed by atoms with Gasteiger partial charge in [-0.15, -0.1) is 0 Å². The highest BCUT2D eigenvalue weighted by Crippen LogP contribution is 2.22. The molecule has 0 radical (unpaired) electrons. The summed E-state index contributed by atoms with van der Waals surface area (Å²) in [7, 11) is 0. The van der Waals surface area contributed by atoms with E-state index in [1.54, 1.807) is 30.7 Å². The normalized spacial score (nSPS) is 10.4. The van der Waals surface area contributed by atoms with E-state index in [4.69, 9.17) is 16.7 Å². The molecule has 0 fully saturated rings. The van der Waals surface area contributed by atoms with Crippen LogP contribution in [0.4, 0.5) is 0 Å². The van der Waals surface area contributed by atoms with Crippen LogP contribution in [0, 0.1) is 0 Å². The van der Waals surface area contributed by atoms with E-state index < -0.39 is 0 Å². The van der Waals surface area contributed by atoms with Crippen molar-refractivity contribution in [1.29, 1.82) is 0 Å². The third-order valence-corrected chi connectivity index (χ3v) is 2.83. The van der Waals surface area contributed by atoms with Gasteiger partial charge in [0.15, 0.2) is 5.16 Å². The Kier molecular flexibility index (Phi) is 3.71. The molecule has 0 unspecified atom stereocenters. The first-order chi connectivity index (χ1) is 7.78. The monoisotopic (exact) mass is 253 g/mol. The smallest absolute Gasteiger partial charge is 0.193 e. The molecule has 0 spiro atoms. The Hall–Kier alpha value is -1.17. The summed E-state index contributed by atoms with van der Waals surface area (Å²) in [6, 6.07) is 3.56. The van der Waals surface area contributed by atoms with Gasteiger partial charge in [-0.05, 0) is 23.9 Å². The van der Waals surface area contributed by atoms with E-state index in [-0.39, 0.29) is 6.61 Å². The molecule has 0 atom stereocenters. The lowest BCUT2D eigenvalue weighted by atomic mass is 10.4. The van der Waals surface area contributed by atoms with E-state index in [0.717, 1.165) is 5.03 Å². The maximum absolute atomic E-state index is 8.83. The maximum Gasteiger partial charge on any atom is 0.193 e. The molecule has 6 heteroatoms. The van der Waals surface area contributed by atoms with Gasteiger partial charge in [0, 0.05) is 24.2 Å². The van der Waals surface area contributed by atoms with Gasteiger partial charge in [0.1, 0.15) is 5.03 Å². The lowest BCUT2D eigenvalue weighted by Gasteiger charge is -1.99. The minimum Gasteiger partial charge on any atom is -0.392 e. The van der Waals surface area contributed by atoms with Gasteiger partial charge in [-0.1, -0.05) is 11.6 Å². The molecule has 0 saturated carbocycles. The lowest BCUT2D eigenvalue weighted by Crippen LogP contribution is -1.91. The van der Waals surface area contributed by atoms with Crippen molar-refractivity contribution in [2.24, 2.45) is 0 Å². The Morgan fingerprint density at radius 2 is 1.88 bits per heavy atom. The molecular formula is C10H8ClN3OS. The quantitative estimate of drug-likeness (QED) is 0.850. The summed E-state index contributed by atoms with van der Waals surface area (Å²) in [4.78, 5) is 12.3. The first kappa shape index (κ1) is 11.3.